The average molecular weight is 518 g/mol. The minimum absolute atomic E-state index is 0.0776. The number of rotatable bonds is 5. The number of carbonyl (C=O) groups is 1. The summed E-state index contributed by atoms with van der Waals surface area (Å²) in [6.45, 7) is 1.27. The fourth-order valence-corrected chi connectivity index (χ4v) is 3.67. The number of nitrogens with one attached hydrogen (secondary N) is 1. The smallest absolute Gasteiger partial charge is 0.416 e. The molecule has 0 aliphatic rings. The predicted octanol–water partition coefficient (Wildman–Crippen LogP) is 5.79. The number of aromatic nitrogens is 1. The number of aliphatic hydroxyl groups excluding tert-OH is 1. The van der Waals surface area contributed by atoms with E-state index < -0.39 is 17.6 Å². The van der Waals surface area contributed by atoms with Crippen LogP contribution in [0.3, 0.4) is 0 Å². The largest absolute Gasteiger partial charge is 0.495 e. The Hall–Kier alpha value is -3.89. The van der Waals surface area contributed by atoms with Crippen molar-refractivity contribution in [1.82, 2.24) is 4.98 Å². The second-order valence-corrected chi connectivity index (χ2v) is 8.13. The van der Waals surface area contributed by atoms with Gasteiger partial charge < -0.3 is 19.6 Å². The number of ether oxygens (including phenoxy) is 1. The lowest BCUT2D eigenvalue weighted by Gasteiger charge is -2.12. The highest BCUT2D eigenvalue weighted by atomic mass is 35.5. The molecule has 7 nitrogen and oxygen atoms in total. The van der Waals surface area contributed by atoms with Crippen molar-refractivity contribution < 1.29 is 32.2 Å². The lowest BCUT2D eigenvalue weighted by Crippen LogP contribution is -2.22. The number of methoxy groups -OCH3 is 1. The van der Waals surface area contributed by atoms with Crippen molar-refractivity contribution in [2.45, 2.75) is 19.7 Å². The number of pyridine rings is 1. The number of benzene rings is 2. The van der Waals surface area contributed by atoms with Gasteiger partial charge in [0, 0.05) is 22.2 Å². The molecule has 0 saturated carbocycles. The van der Waals surface area contributed by atoms with Crippen molar-refractivity contribution in [1.29, 1.82) is 0 Å². The van der Waals surface area contributed by atoms with Gasteiger partial charge in [0.15, 0.2) is 5.58 Å². The lowest BCUT2D eigenvalue weighted by molar-refractivity contribution is -0.137. The molecule has 0 bridgehead atoms. The molecular weight excluding hydrogens is 499 g/mol. The summed E-state index contributed by atoms with van der Waals surface area (Å²) in [6, 6.07) is 10.4. The van der Waals surface area contributed by atoms with Gasteiger partial charge in [-0.05, 0) is 49.4 Å². The Bertz CT molecular complexity index is 1530. The van der Waals surface area contributed by atoms with Crippen LogP contribution in [0.4, 0.5) is 24.5 Å². The zero-order chi connectivity index (χ0) is 26.0. The van der Waals surface area contributed by atoms with E-state index in [1.54, 1.807) is 19.1 Å². The highest BCUT2D eigenvalue weighted by Crippen LogP contribution is 2.32. The van der Waals surface area contributed by atoms with E-state index in [1.165, 1.54) is 37.6 Å². The summed E-state index contributed by atoms with van der Waals surface area (Å²) in [5, 5.41) is 13.2. The number of halogens is 4. The number of fused-ring (bicyclic) bond motifs is 1. The SMILES string of the molecule is COc1ccc(Cl)cc1NC(=O)c1cc2c(CO)cnc(C)c2oc1=Nc1cccc(C(F)(F)F)c1. The molecule has 11 heteroatoms. The average Bonchev–Trinajstić information content (AvgIpc) is 2.84. The van der Waals surface area contributed by atoms with E-state index in [0.717, 1.165) is 12.1 Å². The molecule has 2 aromatic heterocycles. The summed E-state index contributed by atoms with van der Waals surface area (Å²) < 4.78 is 50.8. The lowest BCUT2D eigenvalue weighted by atomic mass is 10.1. The number of alkyl halides is 3. The van der Waals surface area contributed by atoms with Crippen LogP contribution in [0.1, 0.15) is 27.2 Å². The van der Waals surface area contributed by atoms with E-state index in [1.807, 2.05) is 0 Å². The van der Waals surface area contributed by atoms with Gasteiger partial charge >= 0.3 is 6.18 Å². The van der Waals surface area contributed by atoms with Crippen LogP contribution >= 0.6 is 11.6 Å². The molecule has 0 aliphatic heterocycles. The number of nitrogens with zero attached hydrogens (tertiary/aromatic N) is 2. The molecule has 36 heavy (non-hydrogen) atoms. The quantitative estimate of drug-likeness (QED) is 0.349. The Balaban J connectivity index is 1.94. The van der Waals surface area contributed by atoms with Gasteiger partial charge in [0.25, 0.3) is 5.91 Å². The second kappa shape index (κ2) is 10.00. The Labute approximate surface area is 207 Å². The standard InChI is InChI=1S/C25H19ClF3N3O4/c1-13-22-18(14(12-33)11-30-13)10-19(23(34)32-20-9-16(26)6-7-21(20)35-2)24(36-22)31-17-5-3-4-15(8-17)25(27,28)29/h3-11,33H,12H2,1-2H3,(H,32,34). The van der Waals surface area contributed by atoms with Crippen LogP contribution in [0.2, 0.25) is 5.02 Å². The van der Waals surface area contributed by atoms with Gasteiger partial charge in [0.05, 0.1) is 36.3 Å². The first kappa shape index (κ1) is 25.2. The van der Waals surface area contributed by atoms with Gasteiger partial charge in [-0.1, -0.05) is 17.7 Å². The molecule has 0 aliphatic carbocycles. The third-order valence-corrected chi connectivity index (χ3v) is 5.51. The van der Waals surface area contributed by atoms with Gasteiger partial charge in [-0.2, -0.15) is 13.2 Å². The van der Waals surface area contributed by atoms with Crippen molar-refractivity contribution in [3.63, 3.8) is 0 Å². The maximum Gasteiger partial charge on any atom is 0.416 e. The van der Waals surface area contributed by atoms with Crippen molar-refractivity contribution >= 4 is 39.9 Å². The summed E-state index contributed by atoms with van der Waals surface area (Å²) >= 11 is 6.06. The topological polar surface area (TPSA) is 97.0 Å². The predicted molar refractivity (Wildman–Crippen MR) is 127 cm³/mol. The number of aryl methyl sites for hydroxylation is 1. The van der Waals surface area contributed by atoms with E-state index in [4.69, 9.17) is 20.8 Å². The second-order valence-electron chi connectivity index (χ2n) is 7.69. The summed E-state index contributed by atoms with van der Waals surface area (Å²) in [5.74, 6) is -0.358. The Morgan fingerprint density at radius 2 is 2.00 bits per heavy atom. The molecule has 0 atom stereocenters. The Morgan fingerprint density at radius 1 is 1.22 bits per heavy atom. The van der Waals surface area contributed by atoms with Crippen molar-refractivity contribution in [3.8, 4) is 5.75 Å². The van der Waals surface area contributed by atoms with Crippen molar-refractivity contribution in [2.75, 3.05) is 12.4 Å². The number of amides is 1. The van der Waals surface area contributed by atoms with Crippen LogP contribution in [-0.2, 0) is 12.8 Å². The molecule has 0 radical (unpaired) electrons. The maximum absolute atomic E-state index is 13.4. The van der Waals surface area contributed by atoms with Gasteiger partial charge in [-0.3, -0.25) is 9.78 Å². The van der Waals surface area contributed by atoms with Crippen LogP contribution < -0.4 is 15.6 Å². The number of carbonyl (C=O) groups excluding carboxylic acids is 1. The molecule has 0 spiro atoms. The zero-order valence-corrected chi connectivity index (χ0v) is 19.7. The third kappa shape index (κ3) is 5.19. The van der Waals surface area contributed by atoms with Crippen LogP contribution in [0.25, 0.3) is 11.0 Å². The first-order valence-corrected chi connectivity index (χ1v) is 10.9. The monoisotopic (exact) mass is 517 g/mol. The molecular formula is C25H19ClF3N3O4. The van der Waals surface area contributed by atoms with Crippen molar-refractivity contribution in [3.05, 3.63) is 87.7 Å². The normalized spacial score (nSPS) is 12.1. The van der Waals surface area contributed by atoms with Gasteiger partial charge in [0.2, 0.25) is 5.55 Å². The first-order chi connectivity index (χ1) is 17.1. The van der Waals surface area contributed by atoms with Crippen molar-refractivity contribution in [2.24, 2.45) is 4.99 Å². The summed E-state index contributed by atoms with van der Waals surface area (Å²) in [4.78, 5) is 21.8. The number of hydrogen-bond donors (Lipinski definition) is 2. The van der Waals surface area contributed by atoms with Gasteiger partial charge in [-0.15, -0.1) is 0 Å². The van der Waals surface area contributed by atoms with E-state index in [2.05, 4.69) is 15.3 Å². The van der Waals surface area contributed by atoms with E-state index in [-0.39, 0.29) is 34.7 Å². The zero-order valence-electron chi connectivity index (χ0n) is 19.0. The molecule has 1 amide bonds. The number of hydrogen-bond acceptors (Lipinski definition) is 6. The van der Waals surface area contributed by atoms with E-state index >= 15 is 0 Å². The van der Waals surface area contributed by atoms with Crippen LogP contribution in [0, 0.1) is 6.92 Å². The molecule has 4 aromatic rings. The van der Waals surface area contributed by atoms with Crippen LogP contribution in [0.15, 0.2) is 64.1 Å². The molecule has 0 fully saturated rings. The van der Waals surface area contributed by atoms with Crippen LogP contribution in [0.5, 0.6) is 5.75 Å². The van der Waals surface area contributed by atoms with E-state index in [0.29, 0.717) is 27.4 Å². The highest BCUT2D eigenvalue weighted by molar-refractivity contribution is 6.31. The fraction of sp³-hybridized carbons (Fsp3) is 0.160. The maximum atomic E-state index is 13.4. The summed E-state index contributed by atoms with van der Waals surface area (Å²) in [7, 11) is 1.42. The number of anilines is 1. The minimum Gasteiger partial charge on any atom is -0.495 e. The summed E-state index contributed by atoms with van der Waals surface area (Å²) in [6.07, 6.45) is -3.13. The molecule has 0 saturated heterocycles. The van der Waals surface area contributed by atoms with Gasteiger partial charge in [-0.25, -0.2) is 4.99 Å². The summed E-state index contributed by atoms with van der Waals surface area (Å²) in [5.41, 5.74) is -0.0171. The highest BCUT2D eigenvalue weighted by Gasteiger charge is 2.30. The number of aliphatic hydroxyl groups is 1. The van der Waals surface area contributed by atoms with Crippen LogP contribution in [-0.4, -0.2) is 23.1 Å². The molecule has 186 valence electrons. The first-order valence-electron chi connectivity index (χ1n) is 10.5. The molecule has 2 aromatic carbocycles. The fourth-order valence-electron chi connectivity index (χ4n) is 3.50. The molecule has 2 N–H and O–H groups in total. The molecule has 2 heterocycles. The minimum atomic E-state index is -4.58. The Morgan fingerprint density at radius 3 is 2.69 bits per heavy atom. The molecule has 4 rings (SSSR count). The van der Waals surface area contributed by atoms with E-state index in [9.17, 15) is 23.1 Å². The third-order valence-electron chi connectivity index (χ3n) is 5.28. The molecule has 0 unspecified atom stereocenters. The Kier molecular flexibility index (Phi) is 7.00. The van der Waals surface area contributed by atoms with Gasteiger partial charge in [0.1, 0.15) is 11.3 Å².